The molecule has 5 heteroatoms. The second-order valence-corrected chi connectivity index (χ2v) is 4.68. The Morgan fingerprint density at radius 3 is 2.57 bits per heavy atom. The first kappa shape index (κ1) is 11.1. The summed E-state index contributed by atoms with van der Waals surface area (Å²) in [5.74, 6) is -0.948. The smallest absolute Gasteiger partial charge is 0.316 e. The number of nitrogens with zero attached hydrogens (tertiary/aromatic N) is 1. The van der Waals surface area contributed by atoms with E-state index in [-0.39, 0.29) is 0 Å². The lowest BCUT2D eigenvalue weighted by Crippen LogP contribution is -2.28. The van der Waals surface area contributed by atoms with Crippen molar-refractivity contribution in [2.75, 3.05) is 0 Å². The van der Waals surface area contributed by atoms with E-state index in [9.17, 15) is 9.18 Å². The zero-order chi connectivity index (χ0) is 10.9. The molecule has 0 bridgehead atoms. The summed E-state index contributed by atoms with van der Waals surface area (Å²) in [5, 5.41) is 9.39. The molecule has 0 fully saturated rings. The molecule has 0 aliphatic rings. The molecule has 0 spiro atoms. The largest absolute Gasteiger partial charge is 0.481 e. The van der Waals surface area contributed by atoms with Crippen LogP contribution in [-0.4, -0.2) is 16.1 Å². The fourth-order valence-electron chi connectivity index (χ4n) is 0.911. The molecular weight excluding hydrogens is 205 g/mol. The second-order valence-electron chi connectivity index (χ2n) is 3.59. The molecule has 0 saturated carbocycles. The van der Waals surface area contributed by atoms with E-state index in [1.54, 1.807) is 20.8 Å². The van der Waals surface area contributed by atoms with E-state index in [0.717, 1.165) is 11.3 Å². The van der Waals surface area contributed by atoms with Crippen LogP contribution in [-0.2, 0) is 16.9 Å². The minimum Gasteiger partial charge on any atom is -0.481 e. The molecule has 1 heterocycles. The van der Waals surface area contributed by atoms with Gasteiger partial charge in [0.2, 0.25) is 0 Å². The summed E-state index contributed by atoms with van der Waals surface area (Å²) in [7, 11) is 0. The number of aromatic nitrogens is 1. The summed E-state index contributed by atoms with van der Waals surface area (Å²) in [6.45, 7) is 4.23. The van der Waals surface area contributed by atoms with E-state index in [1.165, 1.54) is 0 Å². The molecule has 3 nitrogen and oxygen atoms in total. The molecule has 0 aliphatic carbocycles. The highest BCUT2D eigenvalue weighted by molar-refractivity contribution is 7.12. The maximum atomic E-state index is 12.4. The number of aliphatic carboxylic acids is 1. The third-order valence-electron chi connectivity index (χ3n) is 2.08. The maximum absolute atomic E-state index is 12.4. The zero-order valence-corrected chi connectivity index (χ0v) is 9.11. The van der Waals surface area contributed by atoms with Crippen molar-refractivity contribution in [2.45, 2.75) is 32.9 Å². The number of alkyl halides is 1. The molecule has 14 heavy (non-hydrogen) atoms. The summed E-state index contributed by atoms with van der Waals surface area (Å²) in [5.41, 5.74) is -0.454. The van der Waals surface area contributed by atoms with Gasteiger partial charge in [0.05, 0.1) is 10.6 Å². The van der Waals surface area contributed by atoms with E-state index in [4.69, 9.17) is 5.11 Å². The van der Waals surface area contributed by atoms with Crippen molar-refractivity contribution in [3.05, 3.63) is 15.6 Å². The molecule has 0 radical (unpaired) electrons. The lowest BCUT2D eigenvalue weighted by atomic mass is 9.95. The summed E-state index contributed by atoms with van der Waals surface area (Å²) in [4.78, 5) is 15.5. The first-order valence-electron chi connectivity index (χ1n) is 4.15. The van der Waals surface area contributed by atoms with Crippen LogP contribution in [0.3, 0.4) is 0 Å². The topological polar surface area (TPSA) is 50.2 Å². The third-order valence-corrected chi connectivity index (χ3v) is 3.53. The maximum Gasteiger partial charge on any atom is 0.316 e. The number of carboxylic acid groups (broad SMARTS) is 1. The Labute approximate surface area is 85.6 Å². The van der Waals surface area contributed by atoms with E-state index in [1.807, 2.05) is 0 Å². The van der Waals surface area contributed by atoms with Crippen LogP contribution in [0.15, 0.2) is 0 Å². The van der Waals surface area contributed by atoms with Gasteiger partial charge >= 0.3 is 5.97 Å². The summed E-state index contributed by atoms with van der Waals surface area (Å²) >= 11 is 1.13. The molecule has 0 amide bonds. The van der Waals surface area contributed by atoms with Crippen molar-refractivity contribution >= 4 is 17.3 Å². The van der Waals surface area contributed by atoms with Gasteiger partial charge in [-0.1, -0.05) is 0 Å². The van der Waals surface area contributed by atoms with Gasteiger partial charge in [0, 0.05) is 0 Å². The summed E-state index contributed by atoms with van der Waals surface area (Å²) < 4.78 is 12.4. The van der Waals surface area contributed by atoms with Gasteiger partial charge in [-0.3, -0.25) is 4.79 Å². The second kappa shape index (κ2) is 3.65. The predicted molar refractivity (Wildman–Crippen MR) is 52.3 cm³/mol. The average Bonchev–Trinajstić information content (AvgIpc) is 2.47. The number of hydrogen-bond donors (Lipinski definition) is 1. The SMILES string of the molecule is Cc1nc(C(C)(C)C(=O)O)sc1CF. The van der Waals surface area contributed by atoms with Crippen molar-refractivity contribution in [1.29, 1.82) is 0 Å². The normalized spacial score (nSPS) is 11.7. The standard InChI is InChI=1S/C9H12FNO2S/c1-5-6(4-10)14-7(11-5)9(2,3)8(12)13/h4H2,1-3H3,(H,12,13). The molecule has 0 atom stereocenters. The minimum atomic E-state index is -1.04. The quantitative estimate of drug-likeness (QED) is 0.845. The van der Waals surface area contributed by atoms with Gasteiger partial charge < -0.3 is 5.11 Å². The van der Waals surface area contributed by atoms with Crippen molar-refractivity contribution in [3.8, 4) is 0 Å². The number of rotatable bonds is 3. The molecule has 1 aromatic heterocycles. The van der Waals surface area contributed by atoms with Gasteiger partial charge in [-0.2, -0.15) is 0 Å². The highest BCUT2D eigenvalue weighted by atomic mass is 32.1. The average molecular weight is 217 g/mol. The predicted octanol–water partition coefficient (Wildman–Crippen LogP) is 2.28. The molecule has 0 unspecified atom stereocenters. The first-order valence-corrected chi connectivity index (χ1v) is 4.97. The molecule has 0 aromatic carbocycles. The Bertz CT molecular complexity index is 360. The Morgan fingerprint density at radius 2 is 2.21 bits per heavy atom. The third kappa shape index (κ3) is 1.77. The number of carboxylic acids is 1. The van der Waals surface area contributed by atoms with Crippen LogP contribution in [0.2, 0.25) is 0 Å². The van der Waals surface area contributed by atoms with Gasteiger partial charge in [-0.05, 0) is 20.8 Å². The van der Waals surface area contributed by atoms with Crippen molar-refractivity contribution in [1.82, 2.24) is 4.98 Å². The lowest BCUT2D eigenvalue weighted by molar-refractivity contribution is -0.142. The van der Waals surface area contributed by atoms with Gasteiger partial charge in [0.25, 0.3) is 0 Å². The van der Waals surface area contributed by atoms with Crippen molar-refractivity contribution in [3.63, 3.8) is 0 Å². The highest BCUT2D eigenvalue weighted by Gasteiger charge is 2.33. The number of carbonyl (C=O) groups is 1. The Morgan fingerprint density at radius 1 is 1.64 bits per heavy atom. The van der Waals surface area contributed by atoms with Crippen LogP contribution >= 0.6 is 11.3 Å². The monoisotopic (exact) mass is 217 g/mol. The fourth-order valence-corrected chi connectivity index (χ4v) is 1.92. The Kier molecular flexibility index (Phi) is 2.89. The van der Waals surface area contributed by atoms with Crippen LogP contribution in [0, 0.1) is 6.92 Å². The van der Waals surface area contributed by atoms with Crippen LogP contribution in [0.1, 0.15) is 29.4 Å². The minimum absolute atomic E-state index is 0.454. The van der Waals surface area contributed by atoms with Crippen LogP contribution in [0.4, 0.5) is 4.39 Å². The Hall–Kier alpha value is -0.970. The fraction of sp³-hybridized carbons (Fsp3) is 0.556. The summed E-state index contributed by atoms with van der Waals surface area (Å²) in [6, 6.07) is 0. The molecule has 1 N–H and O–H groups in total. The number of thiazole rings is 1. The molecular formula is C9H12FNO2S. The van der Waals surface area contributed by atoms with Gasteiger partial charge in [0.15, 0.2) is 0 Å². The number of hydrogen-bond acceptors (Lipinski definition) is 3. The highest BCUT2D eigenvalue weighted by Crippen LogP contribution is 2.30. The summed E-state index contributed by atoms with van der Waals surface area (Å²) in [6.07, 6.45) is 0. The molecule has 0 saturated heterocycles. The molecule has 1 aromatic rings. The zero-order valence-electron chi connectivity index (χ0n) is 8.30. The van der Waals surface area contributed by atoms with Gasteiger partial charge in [0.1, 0.15) is 17.1 Å². The first-order chi connectivity index (χ1) is 6.39. The van der Waals surface area contributed by atoms with Crippen molar-refractivity contribution < 1.29 is 14.3 Å². The van der Waals surface area contributed by atoms with Crippen LogP contribution < -0.4 is 0 Å². The van der Waals surface area contributed by atoms with Gasteiger partial charge in [-0.25, -0.2) is 9.37 Å². The lowest BCUT2D eigenvalue weighted by Gasteiger charge is -2.14. The number of aryl methyl sites for hydroxylation is 1. The van der Waals surface area contributed by atoms with E-state index in [2.05, 4.69) is 4.98 Å². The van der Waals surface area contributed by atoms with Crippen LogP contribution in [0.25, 0.3) is 0 Å². The molecule has 0 aliphatic heterocycles. The van der Waals surface area contributed by atoms with E-state index in [0.29, 0.717) is 15.6 Å². The number of halogens is 1. The Balaban J connectivity index is 3.14. The molecule has 1 rings (SSSR count). The van der Waals surface area contributed by atoms with Gasteiger partial charge in [-0.15, -0.1) is 11.3 Å². The van der Waals surface area contributed by atoms with E-state index >= 15 is 0 Å². The van der Waals surface area contributed by atoms with Crippen LogP contribution in [0.5, 0.6) is 0 Å². The molecule has 78 valence electrons. The van der Waals surface area contributed by atoms with Crippen molar-refractivity contribution in [2.24, 2.45) is 0 Å². The van der Waals surface area contributed by atoms with E-state index < -0.39 is 18.1 Å².